The lowest BCUT2D eigenvalue weighted by atomic mass is 9.83. The molecule has 122 valence electrons. The average Bonchev–Trinajstić information content (AvgIpc) is 2.81. The molecule has 1 heterocycles. The summed E-state index contributed by atoms with van der Waals surface area (Å²) in [7, 11) is 0. The van der Waals surface area contributed by atoms with Crippen molar-refractivity contribution < 1.29 is 19.4 Å². The molecular weight excluding hydrogens is 302 g/mol. The van der Waals surface area contributed by atoms with Crippen LogP contribution in [0, 0.1) is 0 Å². The van der Waals surface area contributed by atoms with Crippen molar-refractivity contribution in [3.63, 3.8) is 0 Å². The highest BCUT2D eigenvalue weighted by atomic mass is 32.1. The van der Waals surface area contributed by atoms with Crippen LogP contribution < -0.4 is 5.32 Å². The minimum Gasteiger partial charge on any atom is -0.478 e. The summed E-state index contributed by atoms with van der Waals surface area (Å²) in [6, 6.07) is 0. The normalized spacial score (nSPS) is 16.3. The van der Waals surface area contributed by atoms with Crippen LogP contribution in [0.15, 0.2) is 5.38 Å². The van der Waals surface area contributed by atoms with E-state index in [0.717, 1.165) is 31.2 Å². The first-order chi connectivity index (χ1) is 10.3. The molecule has 0 atom stereocenters. The lowest BCUT2D eigenvalue weighted by molar-refractivity contribution is 0.0636. The third-order valence-corrected chi connectivity index (χ3v) is 4.61. The van der Waals surface area contributed by atoms with Gasteiger partial charge in [-0.05, 0) is 50.5 Å². The maximum Gasteiger partial charge on any atom is 0.412 e. The molecule has 1 fully saturated rings. The molecule has 0 unspecified atom stereocenters. The van der Waals surface area contributed by atoms with Crippen LogP contribution in [-0.4, -0.2) is 22.8 Å². The SMILES string of the molecule is CC(C)(C)OC(=O)Nc1scc(C2CCCCC2)c1C(=O)O. The van der Waals surface area contributed by atoms with Crippen molar-refractivity contribution in [1.82, 2.24) is 0 Å². The van der Waals surface area contributed by atoms with E-state index in [1.165, 1.54) is 17.8 Å². The van der Waals surface area contributed by atoms with Gasteiger partial charge in [-0.2, -0.15) is 0 Å². The molecule has 1 aromatic heterocycles. The van der Waals surface area contributed by atoms with Crippen molar-refractivity contribution >= 4 is 28.4 Å². The van der Waals surface area contributed by atoms with E-state index >= 15 is 0 Å². The number of rotatable bonds is 3. The molecule has 1 aliphatic rings. The van der Waals surface area contributed by atoms with Gasteiger partial charge in [0.1, 0.15) is 10.6 Å². The molecule has 1 aromatic rings. The smallest absolute Gasteiger partial charge is 0.412 e. The summed E-state index contributed by atoms with van der Waals surface area (Å²) in [5, 5.41) is 14.3. The van der Waals surface area contributed by atoms with Gasteiger partial charge in [0.2, 0.25) is 0 Å². The number of hydrogen-bond donors (Lipinski definition) is 2. The Bertz CT molecular complexity index is 553. The number of thiophene rings is 1. The molecule has 0 radical (unpaired) electrons. The van der Waals surface area contributed by atoms with Gasteiger partial charge in [0.25, 0.3) is 0 Å². The number of carbonyl (C=O) groups excluding carboxylic acids is 1. The summed E-state index contributed by atoms with van der Waals surface area (Å²) in [6.07, 6.45) is 4.90. The zero-order chi connectivity index (χ0) is 16.3. The van der Waals surface area contributed by atoms with Crippen molar-refractivity contribution in [3.8, 4) is 0 Å². The summed E-state index contributed by atoms with van der Waals surface area (Å²) >= 11 is 1.26. The molecule has 6 heteroatoms. The minimum atomic E-state index is -0.993. The van der Waals surface area contributed by atoms with Crippen LogP contribution in [0.25, 0.3) is 0 Å². The molecule has 5 nitrogen and oxygen atoms in total. The summed E-state index contributed by atoms with van der Waals surface area (Å²) in [5.41, 5.74) is 0.461. The highest BCUT2D eigenvalue weighted by Gasteiger charge is 2.27. The molecule has 0 aliphatic heterocycles. The Morgan fingerprint density at radius 1 is 1.27 bits per heavy atom. The van der Waals surface area contributed by atoms with Crippen molar-refractivity contribution in [2.45, 2.75) is 64.4 Å². The molecule has 2 N–H and O–H groups in total. The Morgan fingerprint density at radius 2 is 1.91 bits per heavy atom. The Balaban J connectivity index is 2.19. The second-order valence-corrected chi connectivity index (χ2v) is 7.54. The standard InChI is InChI=1S/C16H23NO4S/c1-16(2,3)21-15(20)17-13-12(14(18)19)11(9-22-13)10-7-5-4-6-8-10/h9-10H,4-8H2,1-3H3,(H,17,20)(H,18,19). The van der Waals surface area contributed by atoms with Crippen LogP contribution >= 0.6 is 11.3 Å². The highest BCUT2D eigenvalue weighted by Crippen LogP contribution is 2.40. The van der Waals surface area contributed by atoms with E-state index in [-0.39, 0.29) is 11.5 Å². The Hall–Kier alpha value is -1.56. The third-order valence-electron chi connectivity index (χ3n) is 3.69. The monoisotopic (exact) mass is 325 g/mol. The minimum absolute atomic E-state index is 0.225. The molecule has 1 saturated carbocycles. The van der Waals surface area contributed by atoms with Crippen LogP contribution in [0.5, 0.6) is 0 Å². The van der Waals surface area contributed by atoms with Gasteiger partial charge in [-0.1, -0.05) is 19.3 Å². The molecule has 1 aliphatic carbocycles. The first-order valence-electron chi connectivity index (χ1n) is 7.62. The lowest BCUT2D eigenvalue weighted by Gasteiger charge is -2.22. The van der Waals surface area contributed by atoms with E-state index in [2.05, 4.69) is 5.32 Å². The van der Waals surface area contributed by atoms with Crippen molar-refractivity contribution in [1.29, 1.82) is 0 Å². The van der Waals surface area contributed by atoms with Crippen molar-refractivity contribution in [2.75, 3.05) is 5.32 Å². The van der Waals surface area contributed by atoms with Crippen LogP contribution in [0.3, 0.4) is 0 Å². The fraction of sp³-hybridized carbons (Fsp3) is 0.625. The molecule has 0 bridgehead atoms. The predicted molar refractivity (Wildman–Crippen MR) is 87.0 cm³/mol. The highest BCUT2D eigenvalue weighted by molar-refractivity contribution is 7.15. The van der Waals surface area contributed by atoms with E-state index in [4.69, 9.17) is 4.74 Å². The molecule has 2 rings (SSSR count). The zero-order valence-electron chi connectivity index (χ0n) is 13.3. The van der Waals surface area contributed by atoms with Gasteiger partial charge < -0.3 is 9.84 Å². The fourth-order valence-corrected chi connectivity index (χ4v) is 3.81. The average molecular weight is 325 g/mol. The third kappa shape index (κ3) is 4.22. The van der Waals surface area contributed by atoms with Gasteiger partial charge in [-0.25, -0.2) is 9.59 Å². The maximum atomic E-state index is 11.9. The first kappa shape index (κ1) is 16.8. The van der Waals surface area contributed by atoms with Crippen LogP contribution in [0.1, 0.15) is 74.7 Å². The van der Waals surface area contributed by atoms with Gasteiger partial charge >= 0.3 is 12.1 Å². The summed E-state index contributed by atoms with van der Waals surface area (Å²) in [5.74, 6) is -0.710. The van der Waals surface area contributed by atoms with Crippen LogP contribution in [-0.2, 0) is 4.74 Å². The largest absolute Gasteiger partial charge is 0.478 e. The topological polar surface area (TPSA) is 75.6 Å². The second kappa shape index (κ2) is 6.69. The van der Waals surface area contributed by atoms with E-state index in [0.29, 0.717) is 5.00 Å². The first-order valence-corrected chi connectivity index (χ1v) is 8.50. The van der Waals surface area contributed by atoms with Gasteiger partial charge in [-0.3, -0.25) is 5.32 Å². The second-order valence-electron chi connectivity index (χ2n) is 6.66. The molecule has 0 spiro atoms. The number of hydrogen-bond acceptors (Lipinski definition) is 4. The number of ether oxygens (including phenoxy) is 1. The summed E-state index contributed by atoms with van der Waals surface area (Å²) in [6.45, 7) is 5.31. The number of anilines is 1. The molecule has 1 amide bonds. The van der Waals surface area contributed by atoms with Gasteiger partial charge in [0.15, 0.2) is 0 Å². The van der Waals surface area contributed by atoms with E-state index in [9.17, 15) is 14.7 Å². The van der Waals surface area contributed by atoms with Crippen LogP contribution in [0.2, 0.25) is 0 Å². The van der Waals surface area contributed by atoms with Crippen LogP contribution in [0.4, 0.5) is 9.80 Å². The predicted octanol–water partition coefficient (Wildman–Crippen LogP) is 4.84. The number of carbonyl (C=O) groups is 2. The summed E-state index contributed by atoms with van der Waals surface area (Å²) in [4.78, 5) is 23.5. The molecule has 22 heavy (non-hydrogen) atoms. The van der Waals surface area contributed by atoms with E-state index < -0.39 is 17.7 Å². The molecule has 0 saturated heterocycles. The number of carboxylic acids is 1. The number of carboxylic acid groups (broad SMARTS) is 1. The molecule has 0 aromatic carbocycles. The number of amides is 1. The molecular formula is C16H23NO4S. The van der Waals surface area contributed by atoms with Gasteiger partial charge in [0, 0.05) is 0 Å². The Kier molecular flexibility index (Phi) is 5.11. The Morgan fingerprint density at radius 3 is 2.45 bits per heavy atom. The van der Waals surface area contributed by atoms with Crippen molar-refractivity contribution in [3.05, 3.63) is 16.5 Å². The van der Waals surface area contributed by atoms with E-state index in [1.54, 1.807) is 20.8 Å². The summed E-state index contributed by atoms with van der Waals surface area (Å²) < 4.78 is 5.19. The van der Waals surface area contributed by atoms with Crippen molar-refractivity contribution in [2.24, 2.45) is 0 Å². The zero-order valence-corrected chi connectivity index (χ0v) is 14.1. The fourth-order valence-electron chi connectivity index (χ4n) is 2.79. The quantitative estimate of drug-likeness (QED) is 0.833. The van der Waals surface area contributed by atoms with E-state index in [1.807, 2.05) is 5.38 Å². The number of nitrogens with one attached hydrogen (secondary N) is 1. The van der Waals surface area contributed by atoms with Gasteiger partial charge in [-0.15, -0.1) is 11.3 Å². The van der Waals surface area contributed by atoms with Gasteiger partial charge in [0.05, 0.1) is 5.56 Å². The number of aromatic carboxylic acids is 1. The Labute approximate surface area is 134 Å². The maximum absolute atomic E-state index is 11.9. The lowest BCUT2D eigenvalue weighted by Crippen LogP contribution is -2.27.